The predicted molar refractivity (Wildman–Crippen MR) is 81.1 cm³/mol. The number of hydrogen-bond donors (Lipinski definition) is 2. The van der Waals surface area contributed by atoms with Crippen molar-refractivity contribution < 1.29 is 14.6 Å². The first-order chi connectivity index (χ1) is 9.88. The van der Waals surface area contributed by atoms with Crippen molar-refractivity contribution in [3.63, 3.8) is 0 Å². The van der Waals surface area contributed by atoms with Crippen molar-refractivity contribution in [3.05, 3.63) is 42.1 Å². The molecule has 2 N–H and O–H groups in total. The molecular weight excluding hydrogens is 268 g/mol. The van der Waals surface area contributed by atoms with Crippen LogP contribution in [0.15, 0.2) is 47.1 Å². The van der Waals surface area contributed by atoms with Gasteiger partial charge in [-0.2, -0.15) is 0 Å². The van der Waals surface area contributed by atoms with Crippen molar-refractivity contribution in [1.82, 2.24) is 5.32 Å². The van der Waals surface area contributed by atoms with E-state index in [0.29, 0.717) is 17.3 Å². The Morgan fingerprint density at radius 1 is 1.43 bits per heavy atom. The fourth-order valence-electron chi connectivity index (χ4n) is 2.12. The Labute approximate surface area is 124 Å². The highest BCUT2D eigenvalue weighted by Gasteiger charge is 2.34. The number of ether oxygens (including phenoxy) is 1. The smallest absolute Gasteiger partial charge is 0.263 e. The molecule has 0 fully saturated rings. The molecule has 0 radical (unpaired) electrons. The number of rotatable bonds is 3. The zero-order valence-corrected chi connectivity index (χ0v) is 12.5. The number of benzene rings is 1. The Balaban J connectivity index is 1.95. The van der Waals surface area contributed by atoms with E-state index in [4.69, 9.17) is 4.74 Å². The standard InChI is InChI=1S/C16H20N2O3/c1-11-9-16(3,20)12(2)15(17-11)18-14(19)10-21-13-7-5-4-6-8-13/h4-9,12,20H,10H2,1-3H3,(H,17,18,19). The van der Waals surface area contributed by atoms with Crippen LogP contribution in [0.1, 0.15) is 20.8 Å². The lowest BCUT2D eigenvalue weighted by atomic mass is 9.87. The van der Waals surface area contributed by atoms with E-state index in [2.05, 4.69) is 10.3 Å². The van der Waals surface area contributed by atoms with Gasteiger partial charge in [-0.05, 0) is 32.1 Å². The van der Waals surface area contributed by atoms with Crippen molar-refractivity contribution in [2.45, 2.75) is 26.4 Å². The van der Waals surface area contributed by atoms with Crippen LogP contribution < -0.4 is 10.1 Å². The van der Waals surface area contributed by atoms with Crippen LogP contribution in [0.2, 0.25) is 0 Å². The van der Waals surface area contributed by atoms with Gasteiger partial charge in [0.15, 0.2) is 6.61 Å². The topological polar surface area (TPSA) is 70.9 Å². The molecule has 1 heterocycles. The summed E-state index contributed by atoms with van der Waals surface area (Å²) in [6.45, 7) is 5.20. The number of nitrogens with one attached hydrogen (secondary N) is 1. The molecular formula is C16H20N2O3. The minimum atomic E-state index is -1.02. The first-order valence-electron chi connectivity index (χ1n) is 6.86. The summed E-state index contributed by atoms with van der Waals surface area (Å²) in [4.78, 5) is 16.2. The molecule has 0 saturated heterocycles. The average molecular weight is 288 g/mol. The summed E-state index contributed by atoms with van der Waals surface area (Å²) in [6, 6.07) is 9.12. The van der Waals surface area contributed by atoms with E-state index in [1.807, 2.05) is 25.1 Å². The van der Waals surface area contributed by atoms with Gasteiger partial charge < -0.3 is 15.2 Å². The van der Waals surface area contributed by atoms with Crippen molar-refractivity contribution >= 4 is 11.7 Å². The number of aliphatic imine (C=N–C) groups is 1. The van der Waals surface area contributed by atoms with Gasteiger partial charge in [0.05, 0.1) is 5.60 Å². The van der Waals surface area contributed by atoms with Gasteiger partial charge >= 0.3 is 0 Å². The summed E-state index contributed by atoms with van der Waals surface area (Å²) in [6.07, 6.45) is 1.69. The summed E-state index contributed by atoms with van der Waals surface area (Å²) in [5, 5.41) is 13.0. The van der Waals surface area contributed by atoms with Crippen LogP contribution in [-0.2, 0) is 4.79 Å². The lowest BCUT2D eigenvalue weighted by Gasteiger charge is -2.32. The molecule has 2 rings (SSSR count). The second kappa shape index (κ2) is 6.10. The molecule has 1 aromatic carbocycles. The van der Waals surface area contributed by atoms with Gasteiger partial charge in [-0.15, -0.1) is 0 Å². The fraction of sp³-hybridized carbons (Fsp3) is 0.375. The molecule has 1 aliphatic heterocycles. The van der Waals surface area contributed by atoms with Crippen LogP contribution in [0.25, 0.3) is 0 Å². The van der Waals surface area contributed by atoms with Gasteiger partial charge in [-0.25, -0.2) is 4.99 Å². The number of amidine groups is 1. The molecule has 1 aromatic rings. The molecule has 0 aliphatic carbocycles. The van der Waals surface area contributed by atoms with E-state index >= 15 is 0 Å². The van der Waals surface area contributed by atoms with E-state index in [1.54, 1.807) is 32.1 Å². The summed E-state index contributed by atoms with van der Waals surface area (Å²) in [7, 11) is 0. The number of nitrogens with zero attached hydrogens (tertiary/aromatic N) is 1. The van der Waals surface area contributed by atoms with Crippen molar-refractivity contribution in [1.29, 1.82) is 0 Å². The molecule has 1 amide bonds. The van der Waals surface area contributed by atoms with Gasteiger partial charge in [-0.1, -0.05) is 25.1 Å². The van der Waals surface area contributed by atoms with Crippen molar-refractivity contribution in [2.24, 2.45) is 10.9 Å². The minimum absolute atomic E-state index is 0.0966. The second-order valence-electron chi connectivity index (χ2n) is 5.38. The molecule has 2 atom stereocenters. The summed E-state index contributed by atoms with van der Waals surface area (Å²) in [5.41, 5.74) is -0.341. The monoisotopic (exact) mass is 288 g/mol. The number of allylic oxidation sites excluding steroid dienone is 1. The zero-order valence-electron chi connectivity index (χ0n) is 12.5. The van der Waals surface area contributed by atoms with Crippen LogP contribution >= 0.6 is 0 Å². The molecule has 21 heavy (non-hydrogen) atoms. The van der Waals surface area contributed by atoms with Gasteiger partial charge in [0, 0.05) is 11.6 Å². The molecule has 5 nitrogen and oxygen atoms in total. The molecule has 112 valence electrons. The lowest BCUT2D eigenvalue weighted by molar-refractivity contribution is -0.121. The third-order valence-corrected chi connectivity index (χ3v) is 3.47. The SMILES string of the molecule is CC1=CC(C)(O)C(C)C(NC(=O)COc2ccccc2)=N1. The van der Waals surface area contributed by atoms with E-state index in [0.717, 1.165) is 0 Å². The van der Waals surface area contributed by atoms with Crippen molar-refractivity contribution in [3.8, 4) is 5.75 Å². The van der Waals surface area contributed by atoms with E-state index < -0.39 is 5.60 Å². The van der Waals surface area contributed by atoms with Gasteiger partial charge in [0.2, 0.25) is 0 Å². The molecule has 1 aliphatic rings. The van der Waals surface area contributed by atoms with Crippen LogP contribution in [0, 0.1) is 5.92 Å². The van der Waals surface area contributed by atoms with E-state index in [9.17, 15) is 9.90 Å². The van der Waals surface area contributed by atoms with Crippen LogP contribution in [0.5, 0.6) is 5.75 Å². The normalized spacial score (nSPS) is 24.9. The number of para-hydroxylation sites is 1. The lowest BCUT2D eigenvalue weighted by Crippen LogP contribution is -2.47. The summed E-state index contributed by atoms with van der Waals surface area (Å²) in [5.74, 6) is 0.507. The quantitative estimate of drug-likeness (QED) is 0.892. The Morgan fingerprint density at radius 3 is 2.76 bits per heavy atom. The highest BCUT2D eigenvalue weighted by Crippen LogP contribution is 2.26. The van der Waals surface area contributed by atoms with Crippen LogP contribution in [0.3, 0.4) is 0 Å². The molecule has 2 unspecified atom stereocenters. The van der Waals surface area contributed by atoms with Gasteiger partial charge in [0.25, 0.3) is 5.91 Å². The zero-order chi connectivity index (χ0) is 15.5. The number of amides is 1. The molecule has 0 saturated carbocycles. The first-order valence-corrected chi connectivity index (χ1v) is 6.86. The molecule has 0 aromatic heterocycles. The number of aliphatic hydroxyl groups is 1. The summed E-state index contributed by atoms with van der Waals surface area (Å²) < 4.78 is 5.38. The molecule has 5 heteroatoms. The Kier molecular flexibility index (Phi) is 4.43. The third kappa shape index (κ3) is 3.92. The van der Waals surface area contributed by atoms with E-state index in [-0.39, 0.29) is 18.4 Å². The second-order valence-corrected chi connectivity index (χ2v) is 5.38. The highest BCUT2D eigenvalue weighted by molar-refractivity contribution is 6.01. The predicted octanol–water partition coefficient (Wildman–Crippen LogP) is 1.88. The van der Waals surface area contributed by atoms with Gasteiger partial charge in [-0.3, -0.25) is 4.79 Å². The number of hydrogen-bond acceptors (Lipinski definition) is 4. The maximum Gasteiger partial charge on any atom is 0.263 e. The van der Waals surface area contributed by atoms with E-state index in [1.165, 1.54) is 0 Å². The Bertz CT molecular complexity index is 576. The maximum atomic E-state index is 11.9. The largest absolute Gasteiger partial charge is 0.484 e. The Hall–Kier alpha value is -2.14. The van der Waals surface area contributed by atoms with Crippen LogP contribution in [0.4, 0.5) is 0 Å². The third-order valence-electron chi connectivity index (χ3n) is 3.47. The molecule has 0 spiro atoms. The summed E-state index contributed by atoms with van der Waals surface area (Å²) >= 11 is 0. The van der Waals surface area contributed by atoms with Crippen molar-refractivity contribution in [2.75, 3.05) is 6.61 Å². The van der Waals surface area contributed by atoms with Crippen LogP contribution in [-0.4, -0.2) is 29.1 Å². The first kappa shape index (κ1) is 15.3. The van der Waals surface area contributed by atoms with Gasteiger partial charge in [0.1, 0.15) is 11.6 Å². The minimum Gasteiger partial charge on any atom is -0.484 e. The highest BCUT2D eigenvalue weighted by atomic mass is 16.5. The fourth-order valence-corrected chi connectivity index (χ4v) is 2.12. The average Bonchev–Trinajstić information content (AvgIpc) is 2.43. The number of carbonyl (C=O) groups excluding carboxylic acids is 1. The Morgan fingerprint density at radius 2 is 2.10 bits per heavy atom. The number of carbonyl (C=O) groups is 1. The maximum absolute atomic E-state index is 11.9. The molecule has 0 bridgehead atoms.